The summed E-state index contributed by atoms with van der Waals surface area (Å²) >= 11 is 6.12. The lowest BCUT2D eigenvalue weighted by atomic mass is 10.1. The number of halogens is 1. The summed E-state index contributed by atoms with van der Waals surface area (Å²) in [6, 6.07) is 14.5. The van der Waals surface area contributed by atoms with Crippen LogP contribution in [-0.2, 0) is 13.1 Å². The number of amides is 1. The van der Waals surface area contributed by atoms with Crippen LogP contribution >= 0.6 is 11.6 Å². The molecule has 0 saturated carbocycles. The molecule has 9 heteroatoms. The molecule has 4 aromatic rings. The van der Waals surface area contributed by atoms with E-state index in [1.54, 1.807) is 40.0 Å². The molecule has 3 heterocycles. The van der Waals surface area contributed by atoms with E-state index in [9.17, 15) is 4.79 Å². The Hall–Kier alpha value is -3.96. The Labute approximate surface area is 177 Å². The van der Waals surface area contributed by atoms with E-state index in [1.165, 1.54) is 0 Å². The fourth-order valence-electron chi connectivity index (χ4n) is 3.06. The molecular weight excluding hydrogens is 402 g/mol. The van der Waals surface area contributed by atoms with Gasteiger partial charge in [-0.15, -0.1) is 0 Å². The number of nitriles is 1. The second-order valence-corrected chi connectivity index (χ2v) is 6.92. The van der Waals surface area contributed by atoms with Crippen molar-refractivity contribution in [3.63, 3.8) is 0 Å². The van der Waals surface area contributed by atoms with Crippen LogP contribution in [0.25, 0.3) is 22.5 Å². The van der Waals surface area contributed by atoms with Gasteiger partial charge in [-0.2, -0.15) is 15.5 Å². The Bertz CT molecular complexity index is 1250. The summed E-state index contributed by atoms with van der Waals surface area (Å²) in [6.07, 6.45) is 5.24. The van der Waals surface area contributed by atoms with E-state index in [0.29, 0.717) is 23.7 Å². The molecule has 8 nitrogen and oxygen atoms in total. The van der Waals surface area contributed by atoms with Crippen molar-refractivity contribution >= 4 is 17.5 Å². The molecule has 0 aliphatic rings. The van der Waals surface area contributed by atoms with Crippen molar-refractivity contribution in [3.05, 3.63) is 77.3 Å². The number of hydrogen-bond acceptors (Lipinski definition) is 5. The number of primary amides is 1. The summed E-state index contributed by atoms with van der Waals surface area (Å²) in [5.74, 6) is -0.585. The summed E-state index contributed by atoms with van der Waals surface area (Å²) in [5.41, 5.74) is 9.18. The number of aryl methyl sites for hydroxylation is 2. The number of carbonyl (C=O) groups is 1. The molecule has 3 aromatic heterocycles. The second kappa shape index (κ2) is 8.19. The number of rotatable bonds is 6. The lowest BCUT2D eigenvalue weighted by molar-refractivity contribution is 0.0994. The van der Waals surface area contributed by atoms with Crippen LogP contribution < -0.4 is 5.73 Å². The largest absolute Gasteiger partial charge is 0.364 e. The van der Waals surface area contributed by atoms with Crippen LogP contribution in [0.2, 0.25) is 5.02 Å². The monoisotopic (exact) mass is 417 g/mol. The minimum atomic E-state index is -0.585. The first-order valence-corrected chi connectivity index (χ1v) is 9.44. The molecule has 0 aliphatic carbocycles. The maximum atomic E-state index is 11.6. The molecule has 0 radical (unpaired) electrons. The summed E-state index contributed by atoms with van der Waals surface area (Å²) in [6.45, 7) is 1.00. The molecule has 1 amide bonds. The molecule has 0 aliphatic heterocycles. The van der Waals surface area contributed by atoms with Crippen LogP contribution in [0.3, 0.4) is 0 Å². The van der Waals surface area contributed by atoms with Crippen molar-refractivity contribution in [2.45, 2.75) is 13.1 Å². The minimum absolute atomic E-state index is 0.197. The van der Waals surface area contributed by atoms with Crippen LogP contribution in [0.5, 0.6) is 0 Å². The smallest absolute Gasteiger partial charge is 0.269 e. The van der Waals surface area contributed by atoms with E-state index >= 15 is 0 Å². The van der Waals surface area contributed by atoms with Crippen molar-refractivity contribution < 1.29 is 4.79 Å². The fourth-order valence-corrected chi connectivity index (χ4v) is 3.28. The second-order valence-electron chi connectivity index (χ2n) is 6.51. The van der Waals surface area contributed by atoms with Gasteiger partial charge in [0.2, 0.25) is 0 Å². The van der Waals surface area contributed by atoms with Crippen molar-refractivity contribution in [3.8, 4) is 28.6 Å². The summed E-state index contributed by atoms with van der Waals surface area (Å²) in [5, 5.41) is 18.3. The van der Waals surface area contributed by atoms with Gasteiger partial charge in [0.15, 0.2) is 5.69 Å². The summed E-state index contributed by atoms with van der Waals surface area (Å²) in [7, 11) is 0. The Morgan fingerprint density at radius 3 is 2.70 bits per heavy atom. The van der Waals surface area contributed by atoms with E-state index in [1.807, 2.05) is 36.5 Å². The first-order valence-electron chi connectivity index (χ1n) is 9.06. The van der Waals surface area contributed by atoms with Crippen molar-refractivity contribution in [2.24, 2.45) is 5.73 Å². The molecule has 148 valence electrons. The molecule has 0 unspecified atom stereocenters. The number of nitrogens with zero attached hydrogens (tertiary/aromatic N) is 6. The van der Waals surface area contributed by atoms with Crippen molar-refractivity contribution in [1.29, 1.82) is 5.26 Å². The first-order chi connectivity index (χ1) is 14.5. The SMILES string of the molecule is N#Cc1ccc(-c2ccn(CCn3nc(C(N)=O)cc3-c3cccnc3)n2)cc1Cl. The van der Waals surface area contributed by atoms with E-state index in [4.69, 9.17) is 22.6 Å². The van der Waals surface area contributed by atoms with Gasteiger partial charge in [-0.1, -0.05) is 17.7 Å². The number of hydrogen-bond donors (Lipinski definition) is 1. The maximum absolute atomic E-state index is 11.6. The Kier molecular flexibility index (Phi) is 5.28. The van der Waals surface area contributed by atoms with Crippen molar-refractivity contribution in [2.75, 3.05) is 0 Å². The molecule has 2 N–H and O–H groups in total. The highest BCUT2D eigenvalue weighted by molar-refractivity contribution is 6.32. The van der Waals surface area contributed by atoms with Crippen LogP contribution in [0.1, 0.15) is 16.1 Å². The molecule has 4 rings (SSSR count). The van der Waals surface area contributed by atoms with Crippen LogP contribution in [0.15, 0.2) is 61.1 Å². The molecule has 0 atom stereocenters. The molecule has 0 spiro atoms. The summed E-state index contributed by atoms with van der Waals surface area (Å²) in [4.78, 5) is 15.7. The average Bonchev–Trinajstić information content (AvgIpc) is 3.40. The molecule has 0 saturated heterocycles. The molecule has 30 heavy (non-hydrogen) atoms. The van der Waals surface area contributed by atoms with Gasteiger partial charge < -0.3 is 5.73 Å². The zero-order valence-corrected chi connectivity index (χ0v) is 16.5. The van der Waals surface area contributed by atoms with Gasteiger partial charge in [-0.05, 0) is 36.4 Å². The van der Waals surface area contributed by atoms with Gasteiger partial charge in [0, 0.05) is 29.7 Å². The van der Waals surface area contributed by atoms with Gasteiger partial charge in [0.25, 0.3) is 5.91 Å². The number of nitrogens with two attached hydrogens (primary N) is 1. The zero-order chi connectivity index (χ0) is 21.1. The third-order valence-electron chi connectivity index (χ3n) is 4.56. The molecule has 0 fully saturated rings. The lowest BCUT2D eigenvalue weighted by Gasteiger charge is -2.07. The highest BCUT2D eigenvalue weighted by Crippen LogP contribution is 2.24. The Balaban J connectivity index is 1.55. The highest BCUT2D eigenvalue weighted by Gasteiger charge is 2.14. The van der Waals surface area contributed by atoms with E-state index < -0.39 is 5.91 Å². The molecular formula is C21H16ClN7O. The van der Waals surface area contributed by atoms with Crippen LogP contribution in [0.4, 0.5) is 0 Å². The van der Waals surface area contributed by atoms with Gasteiger partial charge in [0.05, 0.1) is 35.1 Å². The standard InChI is InChI=1S/C21H16ClN7O/c22-17-10-14(3-4-15(17)12-23)18-5-7-28(26-18)8-9-29-20(11-19(27-29)21(24)30)16-2-1-6-25-13-16/h1-7,10-11,13H,8-9H2,(H2,24,30). The number of carbonyl (C=O) groups excluding carboxylic acids is 1. The lowest BCUT2D eigenvalue weighted by Crippen LogP contribution is -2.14. The van der Waals surface area contributed by atoms with E-state index in [0.717, 1.165) is 22.5 Å². The summed E-state index contributed by atoms with van der Waals surface area (Å²) < 4.78 is 3.50. The normalized spacial score (nSPS) is 10.7. The topological polar surface area (TPSA) is 115 Å². The minimum Gasteiger partial charge on any atom is -0.364 e. The third-order valence-corrected chi connectivity index (χ3v) is 4.87. The van der Waals surface area contributed by atoms with Gasteiger partial charge in [-0.25, -0.2) is 0 Å². The predicted octanol–water partition coefficient (Wildman–Crippen LogP) is 3.13. The van der Waals surface area contributed by atoms with Gasteiger partial charge >= 0.3 is 0 Å². The van der Waals surface area contributed by atoms with Crippen LogP contribution in [-0.4, -0.2) is 30.5 Å². The third kappa shape index (κ3) is 3.92. The molecule has 1 aromatic carbocycles. The highest BCUT2D eigenvalue weighted by atomic mass is 35.5. The Morgan fingerprint density at radius 2 is 2.00 bits per heavy atom. The Morgan fingerprint density at radius 1 is 1.13 bits per heavy atom. The van der Waals surface area contributed by atoms with E-state index in [2.05, 4.69) is 15.2 Å². The maximum Gasteiger partial charge on any atom is 0.269 e. The first kappa shape index (κ1) is 19.4. The average molecular weight is 418 g/mol. The van der Waals surface area contributed by atoms with E-state index in [-0.39, 0.29) is 5.69 Å². The quantitative estimate of drug-likeness (QED) is 0.517. The fraction of sp³-hybridized carbons (Fsp3) is 0.0952. The molecule has 0 bridgehead atoms. The van der Waals surface area contributed by atoms with Crippen LogP contribution in [0, 0.1) is 11.3 Å². The predicted molar refractivity (Wildman–Crippen MR) is 111 cm³/mol. The van der Waals surface area contributed by atoms with Gasteiger partial charge in [0.1, 0.15) is 6.07 Å². The zero-order valence-electron chi connectivity index (χ0n) is 15.7. The number of benzene rings is 1. The van der Waals surface area contributed by atoms with Gasteiger partial charge in [-0.3, -0.25) is 19.1 Å². The number of pyridine rings is 1. The number of aromatic nitrogens is 5. The van der Waals surface area contributed by atoms with Crippen molar-refractivity contribution in [1.82, 2.24) is 24.5 Å².